The minimum Gasteiger partial charge on any atom is -0.484 e. The van der Waals surface area contributed by atoms with Crippen LogP contribution in [0.1, 0.15) is 18.1 Å². The molecule has 2 rings (SSSR count). The third-order valence-corrected chi connectivity index (χ3v) is 3.99. The summed E-state index contributed by atoms with van der Waals surface area (Å²) in [6.07, 6.45) is 0. The number of likely N-dealkylation sites (N-methyl/N-ethyl adjacent to an activating group) is 1. The molecule has 0 fully saturated rings. The maximum atomic E-state index is 12.7. The molecule has 0 aliphatic carbocycles. The van der Waals surface area contributed by atoms with E-state index in [4.69, 9.17) is 4.74 Å². The number of amides is 2. The molecule has 132 valence electrons. The summed E-state index contributed by atoms with van der Waals surface area (Å²) in [5.74, 6) is 0.186. The van der Waals surface area contributed by atoms with Gasteiger partial charge in [0.05, 0.1) is 0 Å². The van der Waals surface area contributed by atoms with E-state index in [0.717, 1.165) is 11.1 Å². The van der Waals surface area contributed by atoms with Crippen molar-refractivity contribution in [2.24, 2.45) is 0 Å². The molecule has 25 heavy (non-hydrogen) atoms. The second kappa shape index (κ2) is 8.87. The normalized spacial score (nSPS) is 11.5. The van der Waals surface area contributed by atoms with Crippen LogP contribution >= 0.6 is 0 Å². The highest BCUT2D eigenvalue weighted by Crippen LogP contribution is 2.13. The molecule has 2 aromatic rings. The number of nitrogens with zero attached hydrogens (tertiary/aromatic N) is 1. The van der Waals surface area contributed by atoms with E-state index in [1.54, 1.807) is 14.0 Å². The Morgan fingerprint density at radius 2 is 1.72 bits per heavy atom. The molecule has 0 aromatic heterocycles. The van der Waals surface area contributed by atoms with Gasteiger partial charge in [-0.25, -0.2) is 0 Å². The fraction of sp³-hybridized carbons (Fsp3) is 0.300. The van der Waals surface area contributed by atoms with Gasteiger partial charge in [0.15, 0.2) is 6.61 Å². The lowest BCUT2D eigenvalue weighted by atomic mass is 10.1. The predicted octanol–water partition coefficient (Wildman–Crippen LogP) is 2.54. The molecule has 0 saturated carbocycles. The largest absolute Gasteiger partial charge is 0.484 e. The molecule has 1 N–H and O–H groups in total. The van der Waals surface area contributed by atoms with Crippen LogP contribution in [0, 0.1) is 6.92 Å². The first-order valence-electron chi connectivity index (χ1n) is 8.25. The molecular weight excluding hydrogens is 316 g/mol. The number of hydrogen-bond acceptors (Lipinski definition) is 3. The minimum absolute atomic E-state index is 0.114. The Morgan fingerprint density at radius 3 is 2.32 bits per heavy atom. The first kappa shape index (κ1) is 18.5. The van der Waals surface area contributed by atoms with Gasteiger partial charge in [0.1, 0.15) is 11.8 Å². The molecule has 0 radical (unpaired) electrons. The highest BCUT2D eigenvalue weighted by Gasteiger charge is 2.25. The minimum atomic E-state index is -0.584. The number of carbonyl (C=O) groups is 2. The molecule has 1 atom stereocenters. The van der Waals surface area contributed by atoms with Gasteiger partial charge in [-0.2, -0.15) is 0 Å². The van der Waals surface area contributed by atoms with Crippen molar-refractivity contribution in [1.29, 1.82) is 0 Å². The van der Waals surface area contributed by atoms with Crippen LogP contribution in [0.2, 0.25) is 0 Å². The summed E-state index contributed by atoms with van der Waals surface area (Å²) in [6, 6.07) is 16.5. The van der Waals surface area contributed by atoms with Crippen LogP contribution in [0.25, 0.3) is 0 Å². The van der Waals surface area contributed by atoms with Crippen molar-refractivity contribution in [2.45, 2.75) is 26.4 Å². The lowest BCUT2D eigenvalue weighted by Crippen LogP contribution is -2.48. The molecule has 5 heteroatoms. The molecule has 2 aromatic carbocycles. The lowest BCUT2D eigenvalue weighted by Gasteiger charge is -2.28. The van der Waals surface area contributed by atoms with Gasteiger partial charge in [-0.15, -0.1) is 0 Å². The Hall–Kier alpha value is -2.82. The molecule has 0 heterocycles. The van der Waals surface area contributed by atoms with E-state index in [1.165, 1.54) is 4.90 Å². The van der Waals surface area contributed by atoms with Gasteiger partial charge in [-0.05, 0) is 31.5 Å². The zero-order valence-electron chi connectivity index (χ0n) is 14.9. The summed E-state index contributed by atoms with van der Waals surface area (Å²) >= 11 is 0. The first-order chi connectivity index (χ1) is 12.0. The Bertz CT molecular complexity index is 699. The standard InChI is InChI=1S/C20H24N2O3/c1-15-9-11-18(12-10-15)25-14-19(23)22(16(2)20(24)21-3)13-17-7-5-4-6-8-17/h4-12,16H,13-14H2,1-3H3,(H,21,24)/t16-/m1/s1. The van der Waals surface area contributed by atoms with E-state index in [9.17, 15) is 9.59 Å². The molecule has 2 amide bonds. The zero-order chi connectivity index (χ0) is 18.2. The van der Waals surface area contributed by atoms with Crippen molar-refractivity contribution in [3.05, 3.63) is 65.7 Å². The second-order valence-corrected chi connectivity index (χ2v) is 5.90. The topological polar surface area (TPSA) is 58.6 Å². The van der Waals surface area contributed by atoms with Crippen molar-refractivity contribution < 1.29 is 14.3 Å². The number of ether oxygens (including phenoxy) is 1. The summed E-state index contributed by atoms with van der Waals surface area (Å²) < 4.78 is 5.58. The van der Waals surface area contributed by atoms with Gasteiger partial charge in [0.2, 0.25) is 5.91 Å². The van der Waals surface area contributed by atoms with Crippen LogP contribution in [0.4, 0.5) is 0 Å². The number of hydrogen-bond donors (Lipinski definition) is 1. The fourth-order valence-corrected chi connectivity index (χ4v) is 2.43. The fourth-order valence-electron chi connectivity index (χ4n) is 2.43. The monoisotopic (exact) mass is 340 g/mol. The number of nitrogens with one attached hydrogen (secondary N) is 1. The van der Waals surface area contributed by atoms with Gasteiger partial charge >= 0.3 is 0 Å². The third-order valence-electron chi connectivity index (χ3n) is 3.99. The SMILES string of the molecule is CNC(=O)[C@@H](C)N(Cc1ccccc1)C(=O)COc1ccc(C)cc1. The zero-order valence-corrected chi connectivity index (χ0v) is 14.9. The Balaban J connectivity index is 2.08. The van der Waals surface area contributed by atoms with E-state index in [-0.39, 0.29) is 18.4 Å². The second-order valence-electron chi connectivity index (χ2n) is 5.90. The number of carbonyl (C=O) groups excluding carboxylic acids is 2. The Morgan fingerprint density at radius 1 is 1.08 bits per heavy atom. The van der Waals surface area contributed by atoms with Crippen LogP contribution in [-0.2, 0) is 16.1 Å². The highest BCUT2D eigenvalue weighted by molar-refractivity contribution is 5.87. The summed E-state index contributed by atoms with van der Waals surface area (Å²) in [5, 5.41) is 2.59. The number of aryl methyl sites for hydroxylation is 1. The van der Waals surface area contributed by atoms with E-state index in [0.29, 0.717) is 12.3 Å². The molecular formula is C20H24N2O3. The van der Waals surface area contributed by atoms with Crippen molar-refractivity contribution in [1.82, 2.24) is 10.2 Å². The highest BCUT2D eigenvalue weighted by atomic mass is 16.5. The van der Waals surface area contributed by atoms with E-state index >= 15 is 0 Å². The van der Waals surface area contributed by atoms with Crippen LogP contribution < -0.4 is 10.1 Å². The number of rotatable bonds is 7. The maximum absolute atomic E-state index is 12.7. The van der Waals surface area contributed by atoms with Crippen molar-refractivity contribution in [3.8, 4) is 5.75 Å². The van der Waals surface area contributed by atoms with E-state index < -0.39 is 6.04 Å². The average molecular weight is 340 g/mol. The summed E-state index contributed by atoms with van der Waals surface area (Å²) in [4.78, 5) is 26.2. The summed E-state index contributed by atoms with van der Waals surface area (Å²) in [7, 11) is 1.56. The van der Waals surface area contributed by atoms with Gasteiger partial charge in [0.25, 0.3) is 5.91 Å². The van der Waals surface area contributed by atoms with Crippen LogP contribution in [-0.4, -0.2) is 36.4 Å². The Kier molecular flexibility index (Phi) is 6.57. The smallest absolute Gasteiger partial charge is 0.261 e. The molecule has 0 aliphatic heterocycles. The van der Waals surface area contributed by atoms with Gasteiger partial charge in [-0.3, -0.25) is 9.59 Å². The van der Waals surface area contributed by atoms with Gasteiger partial charge in [-0.1, -0.05) is 48.0 Å². The van der Waals surface area contributed by atoms with Crippen LogP contribution in [0.5, 0.6) is 5.75 Å². The van der Waals surface area contributed by atoms with E-state index in [2.05, 4.69) is 5.32 Å². The van der Waals surface area contributed by atoms with Crippen LogP contribution in [0.3, 0.4) is 0 Å². The van der Waals surface area contributed by atoms with Gasteiger partial charge in [0, 0.05) is 13.6 Å². The van der Waals surface area contributed by atoms with Crippen LogP contribution in [0.15, 0.2) is 54.6 Å². The van der Waals surface area contributed by atoms with Crippen molar-refractivity contribution in [3.63, 3.8) is 0 Å². The molecule has 5 nitrogen and oxygen atoms in total. The third kappa shape index (κ3) is 5.35. The van der Waals surface area contributed by atoms with Crippen molar-refractivity contribution in [2.75, 3.05) is 13.7 Å². The Labute approximate surface area is 148 Å². The molecule has 0 spiro atoms. The predicted molar refractivity (Wildman–Crippen MR) is 97.2 cm³/mol. The molecule has 0 unspecified atom stereocenters. The molecule has 0 saturated heterocycles. The molecule has 0 aliphatic rings. The quantitative estimate of drug-likeness (QED) is 0.843. The lowest BCUT2D eigenvalue weighted by molar-refractivity contribution is -0.142. The summed E-state index contributed by atoms with van der Waals surface area (Å²) in [5.41, 5.74) is 2.08. The summed E-state index contributed by atoms with van der Waals surface area (Å²) in [6.45, 7) is 3.94. The average Bonchev–Trinajstić information content (AvgIpc) is 2.65. The van der Waals surface area contributed by atoms with Crippen molar-refractivity contribution >= 4 is 11.8 Å². The van der Waals surface area contributed by atoms with E-state index in [1.807, 2.05) is 61.5 Å². The van der Waals surface area contributed by atoms with Gasteiger partial charge < -0.3 is 15.0 Å². The number of benzene rings is 2. The maximum Gasteiger partial charge on any atom is 0.261 e. The molecule has 0 bridgehead atoms. The first-order valence-corrected chi connectivity index (χ1v) is 8.25.